The average Bonchev–Trinajstić information content (AvgIpc) is 2.67. The van der Waals surface area contributed by atoms with E-state index in [9.17, 15) is 35.5 Å². The molecule has 0 saturated heterocycles. The zero-order valence-corrected chi connectivity index (χ0v) is 15.0. The number of fused-ring (bicyclic) bond motifs is 1. The maximum atomic E-state index is 15.2. The van der Waals surface area contributed by atoms with E-state index in [2.05, 4.69) is 4.74 Å². The SMILES string of the molecule is C#CC(C)(C)N1C(=O)C(F)(F)Oc2ccc(-c3c(F)c(F)c(F)c(F)c3F)c(F)c21. The second-order valence-corrected chi connectivity index (χ2v) is 6.68. The smallest absolute Gasteiger partial charge is 0.423 e. The van der Waals surface area contributed by atoms with Gasteiger partial charge in [0.15, 0.2) is 34.8 Å². The van der Waals surface area contributed by atoms with Crippen LogP contribution in [0, 0.1) is 47.2 Å². The molecule has 1 aliphatic heterocycles. The Labute approximate surface area is 163 Å². The van der Waals surface area contributed by atoms with Crippen molar-refractivity contribution in [3.8, 4) is 29.2 Å². The van der Waals surface area contributed by atoms with Crippen molar-refractivity contribution in [2.75, 3.05) is 4.90 Å². The molecule has 1 aliphatic rings. The van der Waals surface area contributed by atoms with E-state index in [1.165, 1.54) is 0 Å². The highest BCUT2D eigenvalue weighted by molar-refractivity contribution is 6.03. The molecule has 2 aromatic rings. The molecule has 0 N–H and O–H groups in total. The molecule has 0 radical (unpaired) electrons. The number of anilines is 1. The van der Waals surface area contributed by atoms with Crippen LogP contribution in [-0.4, -0.2) is 17.6 Å². The van der Waals surface area contributed by atoms with Crippen molar-refractivity contribution < 1.29 is 44.7 Å². The van der Waals surface area contributed by atoms with Crippen LogP contribution in [0.1, 0.15) is 13.8 Å². The number of benzene rings is 2. The van der Waals surface area contributed by atoms with E-state index in [-0.39, 0.29) is 4.90 Å². The summed E-state index contributed by atoms with van der Waals surface area (Å²) in [7, 11) is 0. The first-order chi connectivity index (χ1) is 13.8. The number of alkyl halides is 2. The zero-order valence-electron chi connectivity index (χ0n) is 15.0. The number of hydrogen-bond donors (Lipinski definition) is 0. The normalized spacial score (nSPS) is 15.5. The van der Waals surface area contributed by atoms with Gasteiger partial charge in [-0.3, -0.25) is 9.69 Å². The minimum absolute atomic E-state index is 0.122. The molecule has 30 heavy (non-hydrogen) atoms. The van der Waals surface area contributed by atoms with Gasteiger partial charge >= 0.3 is 12.0 Å². The molecule has 3 rings (SSSR count). The first-order valence-electron chi connectivity index (χ1n) is 7.99. The Hall–Kier alpha value is -3.29. The molecule has 0 atom stereocenters. The predicted octanol–water partition coefficient (Wildman–Crippen LogP) is 4.92. The molecular formula is C19H9F8NO2. The molecule has 0 fully saturated rings. The lowest BCUT2D eigenvalue weighted by molar-refractivity contribution is -0.193. The van der Waals surface area contributed by atoms with Gasteiger partial charge in [0.05, 0.1) is 5.56 Å². The Morgan fingerprint density at radius 2 is 1.43 bits per heavy atom. The van der Waals surface area contributed by atoms with Crippen LogP contribution >= 0.6 is 0 Å². The Morgan fingerprint density at radius 1 is 0.933 bits per heavy atom. The van der Waals surface area contributed by atoms with Crippen LogP contribution in [0.5, 0.6) is 5.75 Å². The van der Waals surface area contributed by atoms with Gasteiger partial charge < -0.3 is 4.74 Å². The summed E-state index contributed by atoms with van der Waals surface area (Å²) >= 11 is 0. The van der Waals surface area contributed by atoms with Gasteiger partial charge in [-0.1, -0.05) is 5.92 Å². The van der Waals surface area contributed by atoms with E-state index in [1.807, 2.05) is 5.92 Å². The highest BCUT2D eigenvalue weighted by Gasteiger charge is 2.55. The number of ether oxygens (including phenoxy) is 1. The van der Waals surface area contributed by atoms with Crippen LogP contribution in [0.4, 0.5) is 40.8 Å². The number of carbonyl (C=O) groups excluding carboxylic acids is 1. The number of terminal acetylenes is 1. The fraction of sp³-hybridized carbons (Fsp3) is 0.211. The summed E-state index contributed by atoms with van der Waals surface area (Å²) in [5, 5.41) is 0. The number of nitrogens with zero attached hydrogens (tertiary/aromatic N) is 1. The van der Waals surface area contributed by atoms with Crippen molar-refractivity contribution in [1.29, 1.82) is 0 Å². The van der Waals surface area contributed by atoms with Gasteiger partial charge in [-0.05, 0) is 26.0 Å². The third kappa shape index (κ3) is 2.86. The third-order valence-electron chi connectivity index (χ3n) is 4.38. The molecule has 0 aliphatic carbocycles. The van der Waals surface area contributed by atoms with E-state index < -0.39 is 75.0 Å². The second kappa shape index (κ2) is 6.62. The van der Waals surface area contributed by atoms with Gasteiger partial charge in [0, 0.05) is 5.56 Å². The van der Waals surface area contributed by atoms with Gasteiger partial charge in [0.2, 0.25) is 5.82 Å². The zero-order chi connectivity index (χ0) is 22.8. The van der Waals surface area contributed by atoms with Crippen LogP contribution in [0.25, 0.3) is 11.1 Å². The Balaban J connectivity index is 2.40. The lowest BCUT2D eigenvalue weighted by atomic mass is 9.97. The number of amides is 1. The lowest BCUT2D eigenvalue weighted by Gasteiger charge is -2.40. The third-order valence-corrected chi connectivity index (χ3v) is 4.38. The van der Waals surface area contributed by atoms with E-state index in [0.29, 0.717) is 12.1 Å². The topological polar surface area (TPSA) is 29.5 Å². The van der Waals surface area contributed by atoms with Gasteiger partial charge in [-0.2, -0.15) is 8.78 Å². The molecule has 1 heterocycles. The molecule has 0 spiro atoms. The van der Waals surface area contributed by atoms with E-state index in [1.54, 1.807) is 0 Å². The molecule has 11 heteroatoms. The van der Waals surface area contributed by atoms with Crippen molar-refractivity contribution in [1.82, 2.24) is 0 Å². The number of hydrogen-bond acceptors (Lipinski definition) is 2. The lowest BCUT2D eigenvalue weighted by Crippen LogP contribution is -2.58. The Morgan fingerprint density at radius 3 is 1.93 bits per heavy atom. The maximum Gasteiger partial charge on any atom is 0.483 e. The van der Waals surface area contributed by atoms with Gasteiger partial charge in [0.25, 0.3) is 0 Å². The van der Waals surface area contributed by atoms with Crippen LogP contribution in [-0.2, 0) is 4.79 Å². The van der Waals surface area contributed by atoms with Crippen molar-refractivity contribution >= 4 is 11.6 Å². The van der Waals surface area contributed by atoms with Crippen molar-refractivity contribution in [3.05, 3.63) is 47.0 Å². The molecule has 0 unspecified atom stereocenters. The summed E-state index contributed by atoms with van der Waals surface area (Å²) in [5.74, 6) is -14.7. The number of halogens is 8. The van der Waals surface area contributed by atoms with Crippen LogP contribution in [0.15, 0.2) is 12.1 Å². The summed E-state index contributed by atoms with van der Waals surface area (Å²) in [6.07, 6.45) is 0.777. The average molecular weight is 435 g/mol. The van der Waals surface area contributed by atoms with Crippen LogP contribution in [0.2, 0.25) is 0 Å². The summed E-state index contributed by atoms with van der Waals surface area (Å²) in [6.45, 7) is 2.17. The summed E-state index contributed by atoms with van der Waals surface area (Å²) < 4.78 is 116. The first kappa shape index (κ1) is 21.4. The maximum absolute atomic E-state index is 15.2. The summed E-state index contributed by atoms with van der Waals surface area (Å²) in [6, 6.07) is 1.06. The van der Waals surface area contributed by atoms with E-state index in [4.69, 9.17) is 6.42 Å². The minimum atomic E-state index is -4.46. The summed E-state index contributed by atoms with van der Waals surface area (Å²) in [5.41, 5.74) is -5.79. The largest absolute Gasteiger partial charge is 0.483 e. The fourth-order valence-electron chi connectivity index (χ4n) is 2.88. The van der Waals surface area contributed by atoms with Crippen molar-refractivity contribution in [3.63, 3.8) is 0 Å². The van der Waals surface area contributed by atoms with Crippen LogP contribution < -0.4 is 9.64 Å². The quantitative estimate of drug-likeness (QED) is 0.290. The molecule has 0 saturated carbocycles. The first-order valence-corrected chi connectivity index (χ1v) is 7.99. The number of rotatable bonds is 2. The van der Waals surface area contributed by atoms with Crippen molar-refractivity contribution in [2.24, 2.45) is 0 Å². The van der Waals surface area contributed by atoms with Crippen molar-refractivity contribution in [2.45, 2.75) is 25.5 Å². The monoisotopic (exact) mass is 435 g/mol. The Bertz CT molecular complexity index is 1110. The standard InChI is InChI=1S/C19H9F8NO2/c1-4-18(2,3)28-16-8(30-19(26,27)17(28)29)6-5-7(10(16)20)9-11(21)13(23)15(25)14(24)12(9)22/h1,5-6H,2-3H3. The highest BCUT2D eigenvalue weighted by atomic mass is 19.3. The van der Waals surface area contributed by atoms with Gasteiger partial charge in [-0.25, -0.2) is 26.3 Å². The molecule has 2 aromatic carbocycles. The molecule has 0 bridgehead atoms. The molecule has 0 aromatic heterocycles. The van der Waals surface area contributed by atoms with Gasteiger partial charge in [-0.15, -0.1) is 6.42 Å². The second-order valence-electron chi connectivity index (χ2n) is 6.68. The molecular weight excluding hydrogens is 426 g/mol. The molecule has 158 valence electrons. The van der Waals surface area contributed by atoms with Crippen LogP contribution in [0.3, 0.4) is 0 Å². The van der Waals surface area contributed by atoms with E-state index >= 15 is 4.39 Å². The molecule has 3 nitrogen and oxygen atoms in total. The van der Waals surface area contributed by atoms with E-state index in [0.717, 1.165) is 13.8 Å². The van der Waals surface area contributed by atoms with Gasteiger partial charge in [0.1, 0.15) is 11.2 Å². The number of carbonyl (C=O) groups is 1. The fourth-order valence-corrected chi connectivity index (χ4v) is 2.88. The predicted molar refractivity (Wildman–Crippen MR) is 87.6 cm³/mol. The minimum Gasteiger partial charge on any atom is -0.423 e. The molecule has 1 amide bonds. The highest BCUT2D eigenvalue weighted by Crippen LogP contribution is 2.47. The Kier molecular flexibility index (Phi) is 4.72. The summed E-state index contributed by atoms with van der Waals surface area (Å²) in [4.78, 5) is 12.3.